The minimum Gasteiger partial charge on any atom is -0.497 e. The Morgan fingerprint density at radius 1 is 1.19 bits per heavy atom. The highest BCUT2D eigenvalue weighted by Gasteiger charge is 2.08. The van der Waals surface area contributed by atoms with Gasteiger partial charge in [0.15, 0.2) is 5.13 Å². The van der Waals surface area contributed by atoms with E-state index in [1.165, 1.54) is 11.3 Å². The second-order valence-electron chi connectivity index (χ2n) is 4.56. The quantitative estimate of drug-likeness (QED) is 0.802. The third kappa shape index (κ3) is 3.20. The maximum atomic E-state index is 12.0. The van der Waals surface area contributed by atoms with Crippen LogP contribution in [0.5, 0.6) is 5.75 Å². The number of carbonyl (C=O) groups is 1. The first-order chi connectivity index (χ1) is 10.2. The number of nitrogens with zero attached hydrogens (tertiary/aromatic N) is 1. The molecule has 3 rings (SSSR count). The van der Waals surface area contributed by atoms with Crippen LogP contribution in [-0.4, -0.2) is 18.0 Å². The van der Waals surface area contributed by atoms with Crippen LogP contribution in [0.1, 0.15) is 5.56 Å². The van der Waals surface area contributed by atoms with Crippen LogP contribution in [0, 0.1) is 0 Å². The van der Waals surface area contributed by atoms with Gasteiger partial charge in [-0.3, -0.25) is 4.79 Å². The van der Waals surface area contributed by atoms with E-state index in [-0.39, 0.29) is 5.91 Å². The zero-order chi connectivity index (χ0) is 14.7. The molecule has 106 valence electrons. The number of nitrogens with one attached hydrogen (secondary N) is 1. The molecule has 1 amide bonds. The molecular formula is C16H14N2O2S. The third-order valence-corrected chi connectivity index (χ3v) is 4.02. The fourth-order valence-corrected chi connectivity index (χ4v) is 2.90. The van der Waals surface area contributed by atoms with Crippen molar-refractivity contribution in [2.75, 3.05) is 12.4 Å². The van der Waals surface area contributed by atoms with Crippen molar-refractivity contribution < 1.29 is 9.53 Å². The van der Waals surface area contributed by atoms with Crippen LogP contribution in [0.25, 0.3) is 10.2 Å². The second-order valence-corrected chi connectivity index (χ2v) is 5.59. The van der Waals surface area contributed by atoms with Gasteiger partial charge in [0.25, 0.3) is 0 Å². The highest BCUT2D eigenvalue weighted by molar-refractivity contribution is 7.22. The SMILES string of the molecule is COc1ccc(CC(=O)Nc2nc3ccccc3s2)cc1. The molecule has 1 heterocycles. The van der Waals surface area contributed by atoms with Crippen molar-refractivity contribution in [3.8, 4) is 5.75 Å². The molecule has 5 heteroatoms. The first-order valence-electron chi connectivity index (χ1n) is 6.53. The van der Waals surface area contributed by atoms with Crippen molar-refractivity contribution in [1.29, 1.82) is 0 Å². The summed E-state index contributed by atoms with van der Waals surface area (Å²) >= 11 is 1.48. The van der Waals surface area contributed by atoms with Crippen molar-refractivity contribution >= 4 is 32.6 Å². The molecule has 0 aliphatic carbocycles. The molecule has 0 atom stereocenters. The maximum Gasteiger partial charge on any atom is 0.230 e. The predicted molar refractivity (Wildman–Crippen MR) is 84.9 cm³/mol. The number of benzene rings is 2. The Morgan fingerprint density at radius 3 is 2.67 bits per heavy atom. The van der Waals surface area contributed by atoms with Gasteiger partial charge >= 0.3 is 0 Å². The van der Waals surface area contributed by atoms with Crippen LogP contribution < -0.4 is 10.1 Å². The van der Waals surface area contributed by atoms with E-state index in [0.29, 0.717) is 11.6 Å². The summed E-state index contributed by atoms with van der Waals surface area (Å²) in [7, 11) is 1.62. The molecule has 3 aromatic rings. The number of ether oxygens (including phenoxy) is 1. The topological polar surface area (TPSA) is 51.2 Å². The van der Waals surface area contributed by atoms with Crippen molar-refractivity contribution in [3.63, 3.8) is 0 Å². The zero-order valence-electron chi connectivity index (χ0n) is 11.5. The Bertz CT molecular complexity index is 732. The number of amides is 1. The molecule has 0 bridgehead atoms. The van der Waals surface area contributed by atoms with Crippen LogP contribution in [0.15, 0.2) is 48.5 Å². The van der Waals surface area contributed by atoms with E-state index >= 15 is 0 Å². The summed E-state index contributed by atoms with van der Waals surface area (Å²) in [5.74, 6) is 0.713. The molecule has 0 aliphatic rings. The van der Waals surface area contributed by atoms with Crippen molar-refractivity contribution in [3.05, 3.63) is 54.1 Å². The molecule has 0 spiro atoms. The first kappa shape index (κ1) is 13.6. The molecule has 0 saturated carbocycles. The molecule has 0 saturated heterocycles. The molecule has 4 nitrogen and oxygen atoms in total. The summed E-state index contributed by atoms with van der Waals surface area (Å²) in [6, 6.07) is 15.3. The molecule has 1 aromatic heterocycles. The lowest BCUT2D eigenvalue weighted by Gasteiger charge is -2.03. The maximum absolute atomic E-state index is 12.0. The fraction of sp³-hybridized carbons (Fsp3) is 0.125. The number of para-hydroxylation sites is 1. The number of methoxy groups -OCH3 is 1. The monoisotopic (exact) mass is 298 g/mol. The molecule has 1 N–H and O–H groups in total. The average Bonchev–Trinajstić information content (AvgIpc) is 2.90. The first-order valence-corrected chi connectivity index (χ1v) is 7.34. The van der Waals surface area contributed by atoms with E-state index in [4.69, 9.17) is 4.74 Å². The number of hydrogen-bond acceptors (Lipinski definition) is 4. The molecule has 0 radical (unpaired) electrons. The van der Waals surface area contributed by atoms with E-state index < -0.39 is 0 Å². The van der Waals surface area contributed by atoms with E-state index in [9.17, 15) is 4.79 Å². The smallest absolute Gasteiger partial charge is 0.230 e. The van der Waals surface area contributed by atoms with Crippen LogP contribution in [0.4, 0.5) is 5.13 Å². The number of thiazole rings is 1. The van der Waals surface area contributed by atoms with Crippen LogP contribution in [0.2, 0.25) is 0 Å². The van der Waals surface area contributed by atoms with Crippen LogP contribution in [0.3, 0.4) is 0 Å². The number of anilines is 1. The summed E-state index contributed by atoms with van der Waals surface area (Å²) in [5.41, 5.74) is 1.84. The van der Waals surface area contributed by atoms with Gasteiger partial charge in [-0.05, 0) is 29.8 Å². The van der Waals surface area contributed by atoms with Gasteiger partial charge in [0.2, 0.25) is 5.91 Å². The summed E-state index contributed by atoms with van der Waals surface area (Å²) < 4.78 is 6.16. The van der Waals surface area contributed by atoms with Crippen LogP contribution >= 0.6 is 11.3 Å². The van der Waals surface area contributed by atoms with Gasteiger partial charge < -0.3 is 10.1 Å². The molecule has 0 fully saturated rings. The standard InChI is InChI=1S/C16H14N2O2S/c1-20-12-8-6-11(7-9-12)10-15(19)18-16-17-13-4-2-3-5-14(13)21-16/h2-9H,10H2,1H3,(H,17,18,19). The molecule has 0 aliphatic heterocycles. The van der Waals surface area contributed by atoms with Crippen molar-refractivity contribution in [2.45, 2.75) is 6.42 Å². The highest BCUT2D eigenvalue weighted by atomic mass is 32.1. The Balaban J connectivity index is 1.67. The Kier molecular flexibility index (Phi) is 3.83. The minimum absolute atomic E-state index is 0.0702. The Labute approximate surface area is 126 Å². The number of carbonyl (C=O) groups excluding carboxylic acids is 1. The van der Waals surface area contributed by atoms with E-state index in [2.05, 4.69) is 10.3 Å². The summed E-state index contributed by atoms with van der Waals surface area (Å²) in [6.07, 6.45) is 0.319. The molecule has 2 aromatic carbocycles. The van der Waals surface area contributed by atoms with Gasteiger partial charge in [0.05, 0.1) is 23.7 Å². The van der Waals surface area contributed by atoms with E-state index in [1.807, 2.05) is 48.5 Å². The summed E-state index contributed by atoms with van der Waals surface area (Å²) in [5, 5.41) is 3.48. The lowest BCUT2D eigenvalue weighted by molar-refractivity contribution is -0.115. The summed E-state index contributed by atoms with van der Waals surface area (Å²) in [4.78, 5) is 16.4. The number of fused-ring (bicyclic) bond motifs is 1. The molecule has 21 heavy (non-hydrogen) atoms. The van der Waals surface area contributed by atoms with E-state index in [0.717, 1.165) is 21.5 Å². The van der Waals surface area contributed by atoms with Gasteiger partial charge in [0.1, 0.15) is 5.75 Å². The zero-order valence-corrected chi connectivity index (χ0v) is 12.3. The van der Waals surface area contributed by atoms with Gasteiger partial charge in [-0.15, -0.1) is 0 Å². The summed E-state index contributed by atoms with van der Waals surface area (Å²) in [6.45, 7) is 0. The molecule has 0 unspecified atom stereocenters. The fourth-order valence-electron chi connectivity index (χ4n) is 2.02. The van der Waals surface area contributed by atoms with Gasteiger partial charge in [-0.25, -0.2) is 4.98 Å². The van der Waals surface area contributed by atoms with Crippen LogP contribution in [-0.2, 0) is 11.2 Å². The largest absolute Gasteiger partial charge is 0.497 e. The Morgan fingerprint density at radius 2 is 1.95 bits per heavy atom. The lowest BCUT2D eigenvalue weighted by Crippen LogP contribution is -2.14. The number of hydrogen-bond donors (Lipinski definition) is 1. The predicted octanol–water partition coefficient (Wildman–Crippen LogP) is 3.49. The van der Waals surface area contributed by atoms with Gasteiger partial charge in [0, 0.05) is 0 Å². The normalized spacial score (nSPS) is 10.5. The highest BCUT2D eigenvalue weighted by Crippen LogP contribution is 2.25. The number of aromatic nitrogens is 1. The van der Waals surface area contributed by atoms with Crippen molar-refractivity contribution in [1.82, 2.24) is 4.98 Å². The lowest BCUT2D eigenvalue weighted by atomic mass is 10.1. The second kappa shape index (κ2) is 5.93. The van der Waals surface area contributed by atoms with Gasteiger partial charge in [-0.2, -0.15) is 0 Å². The number of rotatable bonds is 4. The molecular weight excluding hydrogens is 284 g/mol. The van der Waals surface area contributed by atoms with Gasteiger partial charge in [-0.1, -0.05) is 35.6 Å². The average molecular weight is 298 g/mol. The minimum atomic E-state index is -0.0702. The van der Waals surface area contributed by atoms with E-state index in [1.54, 1.807) is 7.11 Å². The third-order valence-electron chi connectivity index (χ3n) is 3.06. The van der Waals surface area contributed by atoms with Crippen molar-refractivity contribution in [2.24, 2.45) is 0 Å². The Hall–Kier alpha value is -2.40.